The Morgan fingerprint density at radius 1 is 1.23 bits per heavy atom. The molecule has 1 N–H and O–H groups in total. The van der Waals surface area contributed by atoms with Crippen molar-refractivity contribution in [1.29, 1.82) is 0 Å². The van der Waals surface area contributed by atoms with Gasteiger partial charge in [-0.15, -0.1) is 5.10 Å². The molecule has 10 nitrogen and oxygen atoms in total. The molecule has 1 heterocycles. The van der Waals surface area contributed by atoms with Crippen LogP contribution >= 0.6 is 0 Å². The van der Waals surface area contributed by atoms with Crippen LogP contribution in [0.4, 0.5) is 24.5 Å². The van der Waals surface area contributed by atoms with Crippen molar-refractivity contribution in [2.24, 2.45) is 0 Å². The number of amides is 1. The third kappa shape index (κ3) is 5.12. The minimum atomic E-state index is -4.60. The summed E-state index contributed by atoms with van der Waals surface area (Å²) in [4.78, 5) is 23.2. The molecule has 0 aliphatic rings. The Kier molecular flexibility index (Phi) is 5.86. The Morgan fingerprint density at radius 2 is 1.97 bits per heavy atom. The lowest BCUT2D eigenvalue weighted by Gasteiger charge is -2.12. The number of nitrogens with zero attached hydrogens (tertiary/aromatic N) is 5. The van der Waals surface area contributed by atoms with E-state index in [0.717, 1.165) is 23.8 Å². The van der Waals surface area contributed by atoms with E-state index in [0.29, 0.717) is 11.5 Å². The molecule has 162 valence electrons. The second kappa shape index (κ2) is 8.38. The molecule has 0 aliphatic heterocycles. The van der Waals surface area contributed by atoms with Crippen LogP contribution in [0.25, 0.3) is 5.69 Å². The van der Waals surface area contributed by atoms with Gasteiger partial charge in [0.2, 0.25) is 0 Å². The fourth-order valence-corrected chi connectivity index (χ4v) is 2.68. The van der Waals surface area contributed by atoms with Gasteiger partial charge >= 0.3 is 6.18 Å². The Hall–Kier alpha value is -4.03. The second-order valence-corrected chi connectivity index (χ2v) is 6.43. The van der Waals surface area contributed by atoms with E-state index in [1.54, 1.807) is 32.0 Å². The first-order chi connectivity index (χ1) is 14.5. The molecule has 0 saturated heterocycles. The van der Waals surface area contributed by atoms with Gasteiger partial charge in [-0.3, -0.25) is 14.9 Å². The molecule has 3 rings (SSSR count). The number of ether oxygens (including phenoxy) is 1. The lowest BCUT2D eigenvalue weighted by atomic mass is 10.1. The predicted molar refractivity (Wildman–Crippen MR) is 101 cm³/mol. The van der Waals surface area contributed by atoms with Gasteiger partial charge in [0.05, 0.1) is 10.6 Å². The van der Waals surface area contributed by atoms with Crippen molar-refractivity contribution in [3.8, 4) is 11.4 Å². The van der Waals surface area contributed by atoms with Crippen LogP contribution in [0.3, 0.4) is 0 Å². The third-order valence-corrected chi connectivity index (χ3v) is 4.13. The number of nitro benzene ring substituents is 1. The van der Waals surface area contributed by atoms with Crippen LogP contribution in [0.1, 0.15) is 21.7 Å². The second-order valence-electron chi connectivity index (χ2n) is 6.43. The van der Waals surface area contributed by atoms with E-state index in [9.17, 15) is 28.1 Å². The van der Waals surface area contributed by atoms with Gasteiger partial charge in [-0.05, 0) is 54.1 Å². The molecule has 3 aromatic rings. The normalized spacial score (nSPS) is 11.3. The molecule has 0 bridgehead atoms. The number of carbonyl (C=O) groups is 1. The molecule has 2 aromatic carbocycles. The standard InChI is InChI=1S/C18H15F3N6O4/c1-10-3-4-12(7-16(10)26-11(2)23-24-25-26)22-17(28)14-8-13(31-9-18(19,20)21)5-6-15(14)27(29)30/h3-8H,9H2,1-2H3,(H,22,28). The first-order valence-corrected chi connectivity index (χ1v) is 8.70. The summed E-state index contributed by atoms with van der Waals surface area (Å²) in [7, 11) is 0. The number of aryl methyl sites for hydroxylation is 2. The van der Waals surface area contributed by atoms with Gasteiger partial charge in [0, 0.05) is 11.8 Å². The Morgan fingerprint density at radius 3 is 2.58 bits per heavy atom. The minimum Gasteiger partial charge on any atom is -0.484 e. The van der Waals surface area contributed by atoms with Crippen molar-refractivity contribution >= 4 is 17.3 Å². The maximum Gasteiger partial charge on any atom is 0.422 e. The molecule has 0 aliphatic carbocycles. The SMILES string of the molecule is Cc1ccc(NC(=O)c2cc(OCC(F)(F)F)ccc2[N+](=O)[O-])cc1-n1nnnc1C. The number of alkyl halides is 3. The number of tetrazole rings is 1. The molecule has 1 amide bonds. The van der Waals surface area contributed by atoms with E-state index in [1.807, 2.05) is 0 Å². The Bertz CT molecular complexity index is 1150. The summed E-state index contributed by atoms with van der Waals surface area (Å²) in [6.45, 7) is 1.88. The molecule has 0 atom stereocenters. The maximum absolute atomic E-state index is 12.7. The summed E-state index contributed by atoms with van der Waals surface area (Å²) in [5.74, 6) is -0.730. The Balaban J connectivity index is 1.90. The summed E-state index contributed by atoms with van der Waals surface area (Å²) >= 11 is 0. The van der Waals surface area contributed by atoms with Gasteiger partial charge in [-0.25, -0.2) is 0 Å². The number of anilines is 1. The maximum atomic E-state index is 12.7. The smallest absolute Gasteiger partial charge is 0.422 e. The van der Waals surface area contributed by atoms with E-state index in [-0.39, 0.29) is 11.4 Å². The number of carbonyl (C=O) groups excluding carboxylic acids is 1. The first-order valence-electron chi connectivity index (χ1n) is 8.70. The zero-order valence-corrected chi connectivity index (χ0v) is 16.2. The molecular formula is C18H15F3N6O4. The summed E-state index contributed by atoms with van der Waals surface area (Å²) in [5.41, 5.74) is 0.598. The van der Waals surface area contributed by atoms with Gasteiger partial charge in [0.15, 0.2) is 12.4 Å². The van der Waals surface area contributed by atoms with Crippen LogP contribution in [0, 0.1) is 24.0 Å². The van der Waals surface area contributed by atoms with Crippen molar-refractivity contribution in [2.75, 3.05) is 11.9 Å². The predicted octanol–water partition coefficient (Wildman–Crippen LogP) is 3.38. The molecule has 31 heavy (non-hydrogen) atoms. The van der Waals surface area contributed by atoms with E-state index in [2.05, 4.69) is 25.6 Å². The monoisotopic (exact) mass is 436 g/mol. The molecule has 0 saturated carbocycles. The van der Waals surface area contributed by atoms with Crippen LogP contribution < -0.4 is 10.1 Å². The summed E-state index contributed by atoms with van der Waals surface area (Å²) in [5, 5.41) is 25.0. The van der Waals surface area contributed by atoms with E-state index >= 15 is 0 Å². The van der Waals surface area contributed by atoms with E-state index in [1.165, 1.54) is 4.68 Å². The lowest BCUT2D eigenvalue weighted by molar-refractivity contribution is -0.385. The van der Waals surface area contributed by atoms with E-state index < -0.39 is 34.9 Å². The number of nitro groups is 1. The van der Waals surface area contributed by atoms with Gasteiger partial charge in [-0.1, -0.05) is 6.07 Å². The number of hydrogen-bond donors (Lipinski definition) is 1. The molecule has 0 fully saturated rings. The largest absolute Gasteiger partial charge is 0.484 e. The number of aromatic nitrogens is 4. The molecule has 13 heteroatoms. The van der Waals surface area contributed by atoms with Crippen LogP contribution in [-0.4, -0.2) is 43.8 Å². The lowest BCUT2D eigenvalue weighted by Crippen LogP contribution is -2.20. The molecular weight excluding hydrogens is 421 g/mol. The van der Waals surface area contributed by atoms with Crippen LogP contribution in [0.15, 0.2) is 36.4 Å². The molecule has 0 spiro atoms. The molecule has 0 unspecified atom stereocenters. The fraction of sp³-hybridized carbons (Fsp3) is 0.222. The molecule has 0 radical (unpaired) electrons. The van der Waals surface area contributed by atoms with Crippen molar-refractivity contribution in [3.63, 3.8) is 0 Å². The third-order valence-electron chi connectivity index (χ3n) is 4.13. The minimum absolute atomic E-state index is 0.274. The van der Waals surface area contributed by atoms with Crippen LogP contribution in [0.2, 0.25) is 0 Å². The molecule has 1 aromatic heterocycles. The highest BCUT2D eigenvalue weighted by Crippen LogP contribution is 2.27. The van der Waals surface area contributed by atoms with Crippen molar-refractivity contribution in [1.82, 2.24) is 20.2 Å². The van der Waals surface area contributed by atoms with Gasteiger partial charge < -0.3 is 10.1 Å². The van der Waals surface area contributed by atoms with Gasteiger partial charge in [-0.2, -0.15) is 17.9 Å². The number of halogens is 3. The average Bonchev–Trinajstić information content (AvgIpc) is 3.12. The van der Waals surface area contributed by atoms with Crippen LogP contribution in [-0.2, 0) is 0 Å². The number of rotatable bonds is 6. The number of nitrogens with one attached hydrogen (secondary N) is 1. The quantitative estimate of drug-likeness (QED) is 0.464. The average molecular weight is 436 g/mol. The summed E-state index contributed by atoms with van der Waals surface area (Å²) in [6.07, 6.45) is -4.60. The highest BCUT2D eigenvalue weighted by Gasteiger charge is 2.29. The fourth-order valence-electron chi connectivity index (χ4n) is 2.68. The van der Waals surface area contributed by atoms with Gasteiger partial charge in [0.1, 0.15) is 11.3 Å². The zero-order chi connectivity index (χ0) is 22.8. The Labute approximate surface area is 172 Å². The summed E-state index contributed by atoms with van der Waals surface area (Å²) in [6, 6.07) is 7.60. The van der Waals surface area contributed by atoms with Crippen molar-refractivity contribution < 1.29 is 27.6 Å². The van der Waals surface area contributed by atoms with E-state index in [4.69, 9.17) is 0 Å². The van der Waals surface area contributed by atoms with Crippen molar-refractivity contribution in [3.05, 3.63) is 63.5 Å². The highest BCUT2D eigenvalue weighted by molar-refractivity contribution is 6.07. The number of benzene rings is 2. The number of hydrogen-bond acceptors (Lipinski definition) is 7. The topological polar surface area (TPSA) is 125 Å². The zero-order valence-electron chi connectivity index (χ0n) is 16.2. The van der Waals surface area contributed by atoms with Crippen LogP contribution in [0.5, 0.6) is 5.75 Å². The van der Waals surface area contributed by atoms with Crippen molar-refractivity contribution in [2.45, 2.75) is 20.0 Å². The highest BCUT2D eigenvalue weighted by atomic mass is 19.4. The van der Waals surface area contributed by atoms with Gasteiger partial charge in [0.25, 0.3) is 11.6 Å². The first kappa shape index (κ1) is 21.7. The summed E-state index contributed by atoms with van der Waals surface area (Å²) < 4.78 is 43.2.